The largest absolute Gasteiger partial charge is 0.373 e. The minimum atomic E-state index is 0.647. The molecule has 1 aliphatic carbocycles. The summed E-state index contributed by atoms with van der Waals surface area (Å²) in [5.41, 5.74) is 1.25. The van der Waals surface area contributed by atoms with Crippen LogP contribution in [0.4, 0.5) is 11.6 Å². The zero-order valence-corrected chi connectivity index (χ0v) is 13.3. The number of hydrogen-bond acceptors (Lipinski definition) is 4. The number of nitrogens with one attached hydrogen (secondary N) is 1. The third-order valence-corrected chi connectivity index (χ3v) is 4.11. The molecule has 0 unspecified atom stereocenters. The predicted octanol–water partition coefficient (Wildman–Crippen LogP) is 3.49. The average Bonchev–Trinajstić information content (AvgIpc) is 2.97. The van der Waals surface area contributed by atoms with Crippen LogP contribution in [-0.4, -0.2) is 29.6 Å². The monoisotopic (exact) mass is 276 g/mol. The Balaban J connectivity index is 2.36. The molecule has 1 saturated carbocycles. The first kappa shape index (κ1) is 15.1. The highest BCUT2D eigenvalue weighted by atomic mass is 15.2. The third-order valence-electron chi connectivity index (χ3n) is 4.11. The van der Waals surface area contributed by atoms with Gasteiger partial charge in [0.1, 0.15) is 18.0 Å². The highest BCUT2D eigenvalue weighted by Crippen LogP contribution is 2.32. The second kappa shape index (κ2) is 6.91. The van der Waals surface area contributed by atoms with E-state index < -0.39 is 0 Å². The van der Waals surface area contributed by atoms with Gasteiger partial charge in [-0.2, -0.15) is 0 Å². The zero-order chi connectivity index (χ0) is 14.5. The van der Waals surface area contributed by atoms with Gasteiger partial charge in [0.05, 0.1) is 0 Å². The first-order valence-corrected chi connectivity index (χ1v) is 7.95. The number of hydrogen-bond donors (Lipinski definition) is 1. The molecule has 4 nitrogen and oxygen atoms in total. The van der Waals surface area contributed by atoms with Gasteiger partial charge in [0, 0.05) is 25.2 Å². The summed E-state index contributed by atoms with van der Waals surface area (Å²) in [6, 6.07) is 0.655. The summed E-state index contributed by atoms with van der Waals surface area (Å²) >= 11 is 0. The lowest BCUT2D eigenvalue weighted by Crippen LogP contribution is -2.37. The standard InChI is InChI=1S/C16H28N4/c1-5-14-15(17-4)18-11-19-16(14)20(10-12(2)3)13-8-6-7-9-13/h11-13H,5-10H2,1-4H3,(H,17,18,19). The lowest BCUT2D eigenvalue weighted by molar-refractivity contribution is 0.529. The van der Waals surface area contributed by atoms with E-state index in [4.69, 9.17) is 0 Å². The molecule has 0 bridgehead atoms. The molecule has 20 heavy (non-hydrogen) atoms. The Bertz CT molecular complexity index is 424. The highest BCUT2D eigenvalue weighted by Gasteiger charge is 2.26. The van der Waals surface area contributed by atoms with Gasteiger partial charge in [0.25, 0.3) is 0 Å². The van der Waals surface area contributed by atoms with Crippen LogP contribution >= 0.6 is 0 Å². The predicted molar refractivity (Wildman–Crippen MR) is 85.4 cm³/mol. The van der Waals surface area contributed by atoms with Crippen LogP contribution in [0.2, 0.25) is 0 Å². The number of rotatable bonds is 6. The number of aromatic nitrogens is 2. The Morgan fingerprint density at radius 2 is 2.00 bits per heavy atom. The summed E-state index contributed by atoms with van der Waals surface area (Å²) in [5.74, 6) is 2.77. The molecule has 2 rings (SSSR count). The van der Waals surface area contributed by atoms with Crippen molar-refractivity contribution in [3.05, 3.63) is 11.9 Å². The molecule has 0 atom stereocenters. The van der Waals surface area contributed by atoms with Crippen LogP contribution in [0.3, 0.4) is 0 Å². The maximum absolute atomic E-state index is 4.63. The molecular formula is C16H28N4. The zero-order valence-electron chi connectivity index (χ0n) is 13.3. The highest BCUT2D eigenvalue weighted by molar-refractivity contribution is 5.59. The number of anilines is 2. The normalized spacial score (nSPS) is 15.8. The maximum atomic E-state index is 4.63. The van der Waals surface area contributed by atoms with Crippen molar-refractivity contribution in [3.63, 3.8) is 0 Å². The van der Waals surface area contributed by atoms with Gasteiger partial charge in [-0.1, -0.05) is 33.6 Å². The molecule has 1 aromatic heterocycles. The van der Waals surface area contributed by atoms with Crippen LogP contribution < -0.4 is 10.2 Å². The SMILES string of the molecule is CCc1c(NC)ncnc1N(CC(C)C)C1CCCC1. The van der Waals surface area contributed by atoms with E-state index in [0.717, 1.165) is 24.6 Å². The second-order valence-corrected chi connectivity index (χ2v) is 6.11. The molecule has 1 fully saturated rings. The summed E-state index contributed by atoms with van der Waals surface area (Å²) in [5, 5.41) is 3.21. The quantitative estimate of drug-likeness (QED) is 0.863. The Hall–Kier alpha value is -1.32. The van der Waals surface area contributed by atoms with Gasteiger partial charge in [-0.15, -0.1) is 0 Å². The fourth-order valence-corrected chi connectivity index (χ4v) is 3.21. The average molecular weight is 276 g/mol. The lowest BCUT2D eigenvalue weighted by Gasteiger charge is -2.33. The smallest absolute Gasteiger partial charge is 0.137 e. The van der Waals surface area contributed by atoms with E-state index in [1.807, 2.05) is 7.05 Å². The van der Waals surface area contributed by atoms with E-state index in [1.165, 1.54) is 31.2 Å². The lowest BCUT2D eigenvalue weighted by atomic mass is 10.1. The Morgan fingerprint density at radius 1 is 1.30 bits per heavy atom. The van der Waals surface area contributed by atoms with Crippen molar-refractivity contribution >= 4 is 11.6 Å². The van der Waals surface area contributed by atoms with Crippen molar-refractivity contribution in [3.8, 4) is 0 Å². The fraction of sp³-hybridized carbons (Fsp3) is 0.750. The van der Waals surface area contributed by atoms with Gasteiger partial charge in [-0.25, -0.2) is 9.97 Å². The van der Waals surface area contributed by atoms with Crippen molar-refractivity contribution in [2.24, 2.45) is 5.92 Å². The molecule has 112 valence electrons. The van der Waals surface area contributed by atoms with E-state index in [-0.39, 0.29) is 0 Å². The van der Waals surface area contributed by atoms with Crippen molar-refractivity contribution in [2.75, 3.05) is 23.8 Å². The van der Waals surface area contributed by atoms with E-state index >= 15 is 0 Å². The number of nitrogens with zero attached hydrogens (tertiary/aromatic N) is 3. The van der Waals surface area contributed by atoms with Crippen molar-refractivity contribution in [2.45, 2.75) is 58.9 Å². The van der Waals surface area contributed by atoms with E-state index in [0.29, 0.717) is 12.0 Å². The van der Waals surface area contributed by atoms with E-state index in [9.17, 15) is 0 Å². The van der Waals surface area contributed by atoms with Gasteiger partial charge >= 0.3 is 0 Å². The summed E-state index contributed by atoms with van der Waals surface area (Å²) in [4.78, 5) is 11.5. The minimum absolute atomic E-state index is 0.647. The molecule has 0 saturated heterocycles. The first-order chi connectivity index (χ1) is 9.67. The first-order valence-electron chi connectivity index (χ1n) is 7.95. The fourth-order valence-electron chi connectivity index (χ4n) is 3.21. The van der Waals surface area contributed by atoms with Crippen molar-refractivity contribution in [1.29, 1.82) is 0 Å². The third kappa shape index (κ3) is 3.22. The van der Waals surface area contributed by atoms with Crippen molar-refractivity contribution < 1.29 is 0 Å². The van der Waals surface area contributed by atoms with Crippen LogP contribution in [0.15, 0.2) is 6.33 Å². The Kier molecular flexibility index (Phi) is 5.21. The van der Waals surface area contributed by atoms with Gasteiger partial charge < -0.3 is 10.2 Å². The summed E-state index contributed by atoms with van der Waals surface area (Å²) in [6.07, 6.45) is 7.97. The Morgan fingerprint density at radius 3 is 2.55 bits per heavy atom. The van der Waals surface area contributed by atoms with Crippen LogP contribution in [-0.2, 0) is 6.42 Å². The van der Waals surface area contributed by atoms with E-state index in [1.54, 1.807) is 6.33 Å². The van der Waals surface area contributed by atoms with Crippen molar-refractivity contribution in [1.82, 2.24) is 9.97 Å². The molecule has 0 radical (unpaired) electrons. The summed E-state index contributed by atoms with van der Waals surface area (Å²) in [6.45, 7) is 7.84. The van der Waals surface area contributed by atoms with Crippen LogP contribution in [0.1, 0.15) is 52.0 Å². The molecule has 0 spiro atoms. The summed E-state index contributed by atoms with van der Waals surface area (Å²) in [7, 11) is 1.94. The maximum Gasteiger partial charge on any atom is 0.137 e. The van der Waals surface area contributed by atoms with E-state index in [2.05, 4.69) is 41.0 Å². The van der Waals surface area contributed by atoms with Crippen LogP contribution in [0, 0.1) is 5.92 Å². The van der Waals surface area contributed by atoms with Gasteiger partial charge in [-0.3, -0.25) is 0 Å². The topological polar surface area (TPSA) is 41.1 Å². The molecule has 1 aromatic rings. The molecule has 0 aliphatic heterocycles. The van der Waals surface area contributed by atoms with Crippen LogP contribution in [0.5, 0.6) is 0 Å². The molecular weight excluding hydrogens is 248 g/mol. The molecule has 0 aromatic carbocycles. The second-order valence-electron chi connectivity index (χ2n) is 6.11. The minimum Gasteiger partial charge on any atom is -0.373 e. The molecule has 1 N–H and O–H groups in total. The molecule has 1 aliphatic rings. The van der Waals surface area contributed by atoms with Gasteiger partial charge in [0.2, 0.25) is 0 Å². The van der Waals surface area contributed by atoms with Crippen LogP contribution in [0.25, 0.3) is 0 Å². The molecule has 1 heterocycles. The van der Waals surface area contributed by atoms with Gasteiger partial charge in [-0.05, 0) is 25.2 Å². The Labute approximate surface area is 123 Å². The molecule has 4 heteroatoms. The molecule has 0 amide bonds. The van der Waals surface area contributed by atoms with Gasteiger partial charge in [0.15, 0.2) is 0 Å². The summed E-state index contributed by atoms with van der Waals surface area (Å²) < 4.78 is 0.